The summed E-state index contributed by atoms with van der Waals surface area (Å²) in [6.45, 7) is 5.17. The maximum Gasteiger partial charge on any atom is 0.250 e. The third kappa shape index (κ3) is 1.52. The summed E-state index contributed by atoms with van der Waals surface area (Å²) in [6, 6.07) is 5.68. The molecule has 1 radical (unpaired) electrons. The van der Waals surface area contributed by atoms with Crippen molar-refractivity contribution < 1.29 is 0 Å². The lowest BCUT2D eigenvalue weighted by molar-refractivity contribution is 0.187. The molecule has 1 aromatic heterocycles. The van der Waals surface area contributed by atoms with Crippen molar-refractivity contribution in [3.63, 3.8) is 0 Å². The Kier molecular flexibility index (Phi) is 2.39. The predicted molar refractivity (Wildman–Crippen MR) is 64.7 cm³/mol. The van der Waals surface area contributed by atoms with Crippen molar-refractivity contribution in [2.45, 2.75) is 25.7 Å². The molecular weight excluding hydrogens is 199 g/mol. The fourth-order valence-corrected chi connectivity index (χ4v) is 3.14. The first-order valence-corrected chi connectivity index (χ1v) is 6.01. The van der Waals surface area contributed by atoms with Crippen LogP contribution in [0.25, 0.3) is 0 Å². The van der Waals surface area contributed by atoms with Gasteiger partial charge in [0.1, 0.15) is 0 Å². The van der Waals surface area contributed by atoms with Gasteiger partial charge in [0.2, 0.25) is 7.41 Å². The molecule has 4 heteroatoms. The maximum absolute atomic E-state index is 11.8. The van der Waals surface area contributed by atoms with Crippen molar-refractivity contribution in [1.82, 2.24) is 9.38 Å². The van der Waals surface area contributed by atoms with Crippen LogP contribution in [-0.4, -0.2) is 29.9 Å². The molecule has 1 fully saturated rings. The quantitative estimate of drug-likeness (QED) is 0.651. The molecular formula is C12H16BN2O. The Bertz CT molecular complexity index is 457. The minimum absolute atomic E-state index is 0.168. The molecule has 0 amide bonds. The highest BCUT2D eigenvalue weighted by atomic mass is 16.1. The fraction of sp³-hybridized carbons (Fsp3) is 0.583. The highest BCUT2D eigenvalue weighted by Crippen LogP contribution is 2.34. The summed E-state index contributed by atoms with van der Waals surface area (Å²) < 4.78 is 1.98. The Morgan fingerprint density at radius 3 is 3.00 bits per heavy atom. The predicted octanol–water partition coefficient (Wildman–Crippen LogP) is 0.935. The van der Waals surface area contributed by atoms with Gasteiger partial charge in [-0.25, -0.2) is 0 Å². The number of nitrogens with zero attached hydrogens (tertiary/aromatic N) is 2. The van der Waals surface area contributed by atoms with E-state index in [9.17, 15) is 4.79 Å². The summed E-state index contributed by atoms with van der Waals surface area (Å²) in [5.74, 6) is 1.18. The van der Waals surface area contributed by atoms with Crippen molar-refractivity contribution in [2.75, 3.05) is 13.1 Å². The van der Waals surface area contributed by atoms with E-state index in [1.54, 1.807) is 6.07 Å². The molecule has 0 spiro atoms. The zero-order valence-corrected chi connectivity index (χ0v) is 9.60. The summed E-state index contributed by atoms with van der Waals surface area (Å²) >= 11 is 0. The van der Waals surface area contributed by atoms with E-state index in [1.807, 2.05) is 10.6 Å². The Balaban J connectivity index is 2.02. The summed E-state index contributed by atoms with van der Waals surface area (Å²) in [5.41, 5.74) is 1.40. The van der Waals surface area contributed by atoms with Gasteiger partial charge in [-0.1, -0.05) is 12.9 Å². The number of rotatable bonds is 1. The molecule has 2 bridgehead atoms. The Labute approximate surface area is 96.3 Å². The minimum atomic E-state index is 0.168. The molecule has 3 nitrogen and oxygen atoms in total. The van der Waals surface area contributed by atoms with Crippen LogP contribution in [0.3, 0.4) is 0 Å². The number of pyridine rings is 1. The Morgan fingerprint density at radius 2 is 2.19 bits per heavy atom. The number of hydrogen-bond acceptors (Lipinski definition) is 2. The second kappa shape index (κ2) is 3.77. The van der Waals surface area contributed by atoms with Gasteiger partial charge in [0.15, 0.2) is 0 Å². The molecule has 0 saturated carbocycles. The molecule has 2 aliphatic rings. The second-order valence-corrected chi connectivity index (χ2v) is 4.91. The zero-order valence-electron chi connectivity index (χ0n) is 9.60. The van der Waals surface area contributed by atoms with E-state index in [-0.39, 0.29) is 5.56 Å². The molecule has 0 aromatic carbocycles. The van der Waals surface area contributed by atoms with Crippen molar-refractivity contribution in [1.29, 1.82) is 0 Å². The number of hydrogen-bond donors (Lipinski definition) is 0. The molecule has 83 valence electrons. The lowest BCUT2D eigenvalue weighted by Crippen LogP contribution is -2.47. The van der Waals surface area contributed by atoms with Crippen LogP contribution in [0.2, 0.25) is 6.82 Å². The van der Waals surface area contributed by atoms with Crippen LogP contribution < -0.4 is 5.56 Å². The smallest absolute Gasteiger partial charge is 0.250 e. The van der Waals surface area contributed by atoms with Crippen LogP contribution in [0.5, 0.6) is 0 Å². The SMILES string of the molecule is C[B]N1C[C@@H]2C[C@H](C1)c1cccc(=O)n1C2. The van der Waals surface area contributed by atoms with Gasteiger partial charge in [-0.3, -0.25) is 4.79 Å². The van der Waals surface area contributed by atoms with Crippen LogP contribution in [0, 0.1) is 5.92 Å². The maximum atomic E-state index is 11.8. The molecule has 2 aliphatic heterocycles. The Morgan fingerprint density at radius 1 is 1.31 bits per heavy atom. The van der Waals surface area contributed by atoms with Crippen LogP contribution in [0.15, 0.2) is 23.0 Å². The molecule has 0 N–H and O–H groups in total. The van der Waals surface area contributed by atoms with E-state index in [0.29, 0.717) is 11.8 Å². The van der Waals surface area contributed by atoms with Gasteiger partial charge in [0.25, 0.3) is 5.56 Å². The molecule has 3 heterocycles. The van der Waals surface area contributed by atoms with Gasteiger partial charge >= 0.3 is 0 Å². The van der Waals surface area contributed by atoms with Crippen molar-refractivity contribution in [3.05, 3.63) is 34.2 Å². The van der Waals surface area contributed by atoms with Gasteiger partial charge in [-0.05, 0) is 31.5 Å². The second-order valence-electron chi connectivity index (χ2n) is 4.91. The molecule has 1 aromatic rings. The highest BCUT2D eigenvalue weighted by molar-refractivity contribution is 6.29. The first kappa shape index (κ1) is 10.1. The fourth-order valence-electron chi connectivity index (χ4n) is 3.14. The van der Waals surface area contributed by atoms with Gasteiger partial charge in [-0.15, -0.1) is 0 Å². The van der Waals surface area contributed by atoms with Crippen LogP contribution in [-0.2, 0) is 6.54 Å². The molecule has 2 atom stereocenters. The van der Waals surface area contributed by atoms with Gasteiger partial charge in [-0.2, -0.15) is 0 Å². The minimum Gasteiger partial charge on any atom is -0.346 e. The highest BCUT2D eigenvalue weighted by Gasteiger charge is 2.33. The largest absolute Gasteiger partial charge is 0.346 e. The number of aromatic nitrogens is 1. The average molecular weight is 215 g/mol. The molecule has 3 rings (SSSR count). The summed E-state index contributed by atoms with van der Waals surface area (Å²) in [4.78, 5) is 14.2. The van der Waals surface area contributed by atoms with Crippen LogP contribution in [0.1, 0.15) is 18.0 Å². The molecule has 1 saturated heterocycles. The monoisotopic (exact) mass is 215 g/mol. The summed E-state index contributed by atoms with van der Waals surface area (Å²) in [5, 5.41) is 0. The zero-order chi connectivity index (χ0) is 11.1. The van der Waals surface area contributed by atoms with E-state index in [0.717, 1.165) is 19.6 Å². The van der Waals surface area contributed by atoms with Gasteiger partial charge in [0.05, 0.1) is 0 Å². The average Bonchev–Trinajstić information content (AvgIpc) is 2.30. The Hall–Kier alpha value is -1.03. The molecule has 0 unspecified atom stereocenters. The molecule has 0 aliphatic carbocycles. The third-order valence-corrected chi connectivity index (χ3v) is 3.87. The lowest BCUT2D eigenvalue weighted by Gasteiger charge is -2.42. The lowest BCUT2D eigenvalue weighted by atomic mass is 9.79. The summed E-state index contributed by atoms with van der Waals surface area (Å²) in [7, 11) is 2.18. The van der Waals surface area contributed by atoms with Crippen LogP contribution >= 0.6 is 0 Å². The van der Waals surface area contributed by atoms with Crippen LogP contribution in [0.4, 0.5) is 0 Å². The topological polar surface area (TPSA) is 25.2 Å². The van der Waals surface area contributed by atoms with E-state index >= 15 is 0 Å². The summed E-state index contributed by atoms with van der Waals surface area (Å²) in [6.07, 6.45) is 1.24. The van der Waals surface area contributed by atoms with Gasteiger partial charge < -0.3 is 9.38 Å². The first-order valence-electron chi connectivity index (χ1n) is 6.01. The number of fused-ring (bicyclic) bond motifs is 4. The third-order valence-electron chi connectivity index (χ3n) is 3.87. The number of piperidine rings is 1. The van der Waals surface area contributed by atoms with Crippen molar-refractivity contribution in [2.24, 2.45) is 5.92 Å². The van der Waals surface area contributed by atoms with Crippen molar-refractivity contribution >= 4 is 7.41 Å². The van der Waals surface area contributed by atoms with E-state index in [1.165, 1.54) is 12.1 Å². The first-order chi connectivity index (χ1) is 7.78. The van der Waals surface area contributed by atoms with Gasteiger partial charge in [0, 0.05) is 24.2 Å². The van der Waals surface area contributed by atoms with E-state index in [4.69, 9.17) is 0 Å². The standard InChI is InChI=1S/C12H16BN2O/c1-13-14-6-9-5-10(8-14)11-3-2-4-12(16)15(11)7-9/h2-4,9-10H,5-8H2,1H3/t9-,10+/m0/s1. The van der Waals surface area contributed by atoms with Crippen molar-refractivity contribution in [3.8, 4) is 0 Å². The normalized spacial score (nSPS) is 28.6. The molecule has 16 heavy (non-hydrogen) atoms. The van der Waals surface area contributed by atoms with E-state index < -0.39 is 0 Å². The van der Waals surface area contributed by atoms with E-state index in [2.05, 4.69) is 25.1 Å².